The average molecular weight is 307 g/mol. The zero-order valence-corrected chi connectivity index (χ0v) is 13.1. The van der Waals surface area contributed by atoms with Gasteiger partial charge < -0.3 is 4.74 Å². The molecule has 0 aliphatic rings. The van der Waals surface area contributed by atoms with E-state index in [0.29, 0.717) is 0 Å². The predicted molar refractivity (Wildman–Crippen MR) is 76.6 cm³/mol. The molecule has 0 aliphatic heterocycles. The maximum atomic E-state index is 11.4. The Labute approximate surface area is 115 Å². The van der Waals surface area contributed by atoms with Gasteiger partial charge in [-0.1, -0.05) is 74.2 Å². The molecule has 0 spiro atoms. The first kappa shape index (κ1) is 16.9. The Hall–Kier alpha value is -0.0500. The Morgan fingerprint density at radius 2 is 1.53 bits per heavy atom. The molecule has 0 aromatic carbocycles. The largest absolute Gasteiger partial charge is 0.468 e. The third kappa shape index (κ3) is 8.64. The molecule has 3 heteroatoms. The summed E-state index contributed by atoms with van der Waals surface area (Å²) in [5.74, 6) is -0.166. The third-order valence-corrected chi connectivity index (χ3v) is 3.83. The molecule has 0 radical (unpaired) electrons. The minimum Gasteiger partial charge on any atom is -0.468 e. The summed E-state index contributed by atoms with van der Waals surface area (Å²) in [6.07, 6.45) is 11.2. The first-order valence-corrected chi connectivity index (χ1v) is 7.61. The fraction of sp³-hybridized carbons (Fsp3) is 0.929. The molecule has 0 bridgehead atoms. The fourth-order valence-electron chi connectivity index (χ4n) is 1.91. The number of rotatable bonds is 10. The van der Waals surface area contributed by atoms with Crippen LogP contribution in [-0.2, 0) is 9.53 Å². The zero-order chi connectivity index (χ0) is 13.1. The lowest BCUT2D eigenvalue weighted by atomic mass is 10.0. The van der Waals surface area contributed by atoms with E-state index < -0.39 is 4.32 Å². The van der Waals surface area contributed by atoms with Gasteiger partial charge in [-0.2, -0.15) is 0 Å². The molecule has 0 aliphatic carbocycles. The van der Waals surface area contributed by atoms with E-state index in [1.54, 1.807) is 0 Å². The maximum absolute atomic E-state index is 11.4. The molecule has 0 heterocycles. The second kappa shape index (κ2) is 9.93. The van der Waals surface area contributed by atoms with Crippen molar-refractivity contribution < 1.29 is 9.53 Å². The molecule has 0 amide bonds. The first-order valence-electron chi connectivity index (χ1n) is 6.82. The summed E-state index contributed by atoms with van der Waals surface area (Å²) in [5, 5.41) is 0. The standard InChI is InChI=1S/C14H27BrO2/c1-4-5-6-7-8-9-10-11-12-14(2,15)13(16)17-3/h4-12H2,1-3H3. The quantitative estimate of drug-likeness (QED) is 0.328. The van der Waals surface area contributed by atoms with Crippen LogP contribution in [0.2, 0.25) is 0 Å². The molecule has 0 saturated heterocycles. The van der Waals surface area contributed by atoms with E-state index in [-0.39, 0.29) is 5.97 Å². The number of unbranched alkanes of at least 4 members (excludes halogenated alkanes) is 7. The van der Waals surface area contributed by atoms with E-state index in [1.165, 1.54) is 52.1 Å². The van der Waals surface area contributed by atoms with E-state index in [0.717, 1.165) is 12.8 Å². The van der Waals surface area contributed by atoms with Crippen molar-refractivity contribution in [2.24, 2.45) is 0 Å². The molecule has 2 nitrogen and oxygen atoms in total. The molecular weight excluding hydrogens is 280 g/mol. The van der Waals surface area contributed by atoms with Crippen LogP contribution in [0.3, 0.4) is 0 Å². The highest BCUT2D eigenvalue weighted by Crippen LogP contribution is 2.26. The highest BCUT2D eigenvalue weighted by molar-refractivity contribution is 9.10. The Kier molecular flexibility index (Phi) is 9.90. The molecule has 1 atom stereocenters. The highest BCUT2D eigenvalue weighted by atomic mass is 79.9. The van der Waals surface area contributed by atoms with Gasteiger partial charge in [0.1, 0.15) is 4.32 Å². The van der Waals surface area contributed by atoms with E-state index in [1.807, 2.05) is 6.92 Å². The molecule has 0 aromatic heterocycles. The molecule has 0 N–H and O–H groups in total. The summed E-state index contributed by atoms with van der Waals surface area (Å²) < 4.78 is 4.26. The monoisotopic (exact) mass is 306 g/mol. The summed E-state index contributed by atoms with van der Waals surface area (Å²) >= 11 is 3.44. The Bertz CT molecular complexity index is 202. The SMILES string of the molecule is CCCCCCCCCCC(C)(Br)C(=O)OC. The van der Waals surface area contributed by atoms with Gasteiger partial charge >= 0.3 is 5.97 Å². The van der Waals surface area contributed by atoms with Crippen molar-refractivity contribution in [3.05, 3.63) is 0 Å². The summed E-state index contributed by atoms with van der Waals surface area (Å²) in [5.41, 5.74) is 0. The van der Waals surface area contributed by atoms with Crippen molar-refractivity contribution in [1.29, 1.82) is 0 Å². The Balaban J connectivity index is 3.42. The maximum Gasteiger partial charge on any atom is 0.322 e. The van der Waals surface area contributed by atoms with Crippen LogP contribution in [0.4, 0.5) is 0 Å². The summed E-state index contributed by atoms with van der Waals surface area (Å²) in [7, 11) is 1.44. The van der Waals surface area contributed by atoms with E-state index in [9.17, 15) is 4.79 Å². The van der Waals surface area contributed by atoms with E-state index in [4.69, 9.17) is 4.74 Å². The van der Waals surface area contributed by atoms with Crippen molar-refractivity contribution in [3.8, 4) is 0 Å². The van der Waals surface area contributed by atoms with Gasteiger partial charge in [0.05, 0.1) is 7.11 Å². The van der Waals surface area contributed by atoms with Crippen LogP contribution in [0.15, 0.2) is 0 Å². The van der Waals surface area contributed by atoms with Crippen LogP contribution >= 0.6 is 15.9 Å². The molecule has 0 aromatic rings. The number of esters is 1. The van der Waals surface area contributed by atoms with Crippen molar-refractivity contribution in [3.63, 3.8) is 0 Å². The lowest BCUT2D eigenvalue weighted by molar-refractivity contribution is -0.143. The van der Waals surface area contributed by atoms with Gasteiger partial charge in [-0.25, -0.2) is 0 Å². The zero-order valence-electron chi connectivity index (χ0n) is 11.6. The minimum absolute atomic E-state index is 0.166. The van der Waals surface area contributed by atoms with Gasteiger partial charge in [-0.05, 0) is 13.3 Å². The van der Waals surface area contributed by atoms with Gasteiger partial charge in [0, 0.05) is 0 Å². The number of carbonyl (C=O) groups excluding carboxylic acids is 1. The Morgan fingerprint density at radius 1 is 1.06 bits per heavy atom. The van der Waals surface area contributed by atoms with Gasteiger partial charge in [-0.15, -0.1) is 0 Å². The van der Waals surface area contributed by atoms with Crippen LogP contribution in [0.25, 0.3) is 0 Å². The van der Waals surface area contributed by atoms with Gasteiger partial charge in [0.25, 0.3) is 0 Å². The van der Waals surface area contributed by atoms with E-state index >= 15 is 0 Å². The number of hydrogen-bond acceptors (Lipinski definition) is 2. The van der Waals surface area contributed by atoms with Crippen molar-refractivity contribution in [1.82, 2.24) is 0 Å². The molecule has 102 valence electrons. The summed E-state index contributed by atoms with van der Waals surface area (Å²) in [4.78, 5) is 11.4. The second-order valence-corrected chi connectivity index (χ2v) is 6.66. The first-order chi connectivity index (χ1) is 8.04. The highest BCUT2D eigenvalue weighted by Gasteiger charge is 2.29. The topological polar surface area (TPSA) is 26.3 Å². The van der Waals surface area contributed by atoms with Crippen LogP contribution in [-0.4, -0.2) is 17.4 Å². The van der Waals surface area contributed by atoms with Crippen molar-refractivity contribution in [2.45, 2.75) is 76.0 Å². The van der Waals surface area contributed by atoms with E-state index in [2.05, 4.69) is 22.9 Å². The normalized spacial score (nSPS) is 14.4. The number of carbonyl (C=O) groups is 1. The number of halogens is 1. The number of ether oxygens (including phenoxy) is 1. The van der Waals surface area contributed by atoms with Crippen LogP contribution in [0.5, 0.6) is 0 Å². The number of methoxy groups -OCH3 is 1. The minimum atomic E-state index is -0.496. The molecular formula is C14H27BrO2. The average Bonchev–Trinajstić information content (AvgIpc) is 2.31. The molecule has 0 saturated carbocycles. The lowest BCUT2D eigenvalue weighted by Gasteiger charge is -2.18. The predicted octanol–water partition coefficient (Wildman–Crippen LogP) is 4.84. The molecule has 0 fully saturated rings. The van der Waals surface area contributed by atoms with Crippen LogP contribution in [0, 0.1) is 0 Å². The van der Waals surface area contributed by atoms with Gasteiger partial charge in [0.2, 0.25) is 0 Å². The summed E-state index contributed by atoms with van der Waals surface area (Å²) in [6.45, 7) is 4.13. The van der Waals surface area contributed by atoms with Gasteiger partial charge in [-0.3, -0.25) is 4.79 Å². The van der Waals surface area contributed by atoms with Crippen molar-refractivity contribution in [2.75, 3.05) is 7.11 Å². The van der Waals surface area contributed by atoms with Gasteiger partial charge in [0.15, 0.2) is 0 Å². The smallest absolute Gasteiger partial charge is 0.322 e. The molecule has 17 heavy (non-hydrogen) atoms. The van der Waals surface area contributed by atoms with Crippen molar-refractivity contribution >= 4 is 21.9 Å². The lowest BCUT2D eigenvalue weighted by Crippen LogP contribution is -2.29. The number of alkyl halides is 1. The number of hydrogen-bond donors (Lipinski definition) is 0. The Morgan fingerprint density at radius 3 is 2.00 bits per heavy atom. The molecule has 0 rings (SSSR count). The van der Waals surface area contributed by atoms with Crippen LogP contribution < -0.4 is 0 Å². The summed E-state index contributed by atoms with van der Waals surface area (Å²) in [6, 6.07) is 0. The second-order valence-electron chi connectivity index (χ2n) is 4.91. The molecule has 1 unspecified atom stereocenters. The third-order valence-electron chi connectivity index (χ3n) is 3.11. The fourth-order valence-corrected chi connectivity index (χ4v) is 2.35. The van der Waals surface area contributed by atoms with Crippen LogP contribution in [0.1, 0.15) is 71.6 Å².